The fourth-order valence-electron chi connectivity index (χ4n) is 3.83. The van der Waals surface area contributed by atoms with Gasteiger partial charge in [0.15, 0.2) is 0 Å². The Bertz CT molecular complexity index is 535. The van der Waals surface area contributed by atoms with Crippen LogP contribution in [-0.2, 0) is 9.53 Å². The summed E-state index contributed by atoms with van der Waals surface area (Å²) in [7, 11) is 3.53. The Balaban J connectivity index is 1.90. The molecule has 4 nitrogen and oxygen atoms in total. The van der Waals surface area contributed by atoms with E-state index in [1.807, 2.05) is 0 Å². The van der Waals surface area contributed by atoms with Gasteiger partial charge in [-0.2, -0.15) is 0 Å². The van der Waals surface area contributed by atoms with E-state index in [4.69, 9.17) is 4.74 Å². The highest BCUT2D eigenvalue weighted by molar-refractivity contribution is 5.85. The van der Waals surface area contributed by atoms with Gasteiger partial charge in [-0.15, -0.1) is 0 Å². The Morgan fingerprint density at radius 2 is 2.05 bits per heavy atom. The largest absolute Gasteiger partial charge is 0.467 e. The molecule has 2 saturated heterocycles. The summed E-state index contributed by atoms with van der Waals surface area (Å²) in [4.78, 5) is 14.8. The molecule has 0 spiro atoms. The average molecular weight is 292 g/mol. The number of carbonyl (C=O) groups is 1. The number of ether oxygens (including phenoxy) is 1. The maximum absolute atomic E-state index is 13.4. The number of nitrogens with one attached hydrogen (secondary N) is 1. The molecule has 0 saturated carbocycles. The van der Waals surface area contributed by atoms with E-state index in [2.05, 4.69) is 17.3 Å². The van der Waals surface area contributed by atoms with E-state index < -0.39 is 5.54 Å². The van der Waals surface area contributed by atoms with Crippen molar-refractivity contribution in [3.05, 3.63) is 30.1 Å². The first kappa shape index (κ1) is 14.3. The van der Waals surface area contributed by atoms with E-state index in [1.54, 1.807) is 12.1 Å². The zero-order valence-electron chi connectivity index (χ0n) is 12.4. The van der Waals surface area contributed by atoms with Gasteiger partial charge in [-0.05, 0) is 50.9 Å². The van der Waals surface area contributed by atoms with Crippen LogP contribution in [0.15, 0.2) is 24.3 Å². The van der Waals surface area contributed by atoms with E-state index in [9.17, 15) is 9.18 Å². The molecule has 2 heterocycles. The van der Waals surface area contributed by atoms with Gasteiger partial charge >= 0.3 is 5.97 Å². The molecular weight excluding hydrogens is 271 g/mol. The van der Waals surface area contributed by atoms with Crippen LogP contribution in [0.2, 0.25) is 0 Å². The van der Waals surface area contributed by atoms with Gasteiger partial charge in [0.1, 0.15) is 11.4 Å². The number of methoxy groups -OCH3 is 1. The van der Waals surface area contributed by atoms with E-state index in [-0.39, 0.29) is 11.8 Å². The zero-order valence-corrected chi connectivity index (χ0v) is 12.4. The van der Waals surface area contributed by atoms with Crippen molar-refractivity contribution in [2.75, 3.05) is 19.5 Å². The number of piperidine rings is 1. The third-order valence-electron chi connectivity index (χ3n) is 4.94. The number of carbonyl (C=O) groups excluding carboxylic acids is 1. The molecule has 2 atom stereocenters. The summed E-state index contributed by atoms with van der Waals surface area (Å²) in [5, 5.41) is 3.27. The fourth-order valence-corrected chi connectivity index (χ4v) is 3.83. The summed E-state index contributed by atoms with van der Waals surface area (Å²) in [6.07, 6.45) is 3.60. The van der Waals surface area contributed by atoms with E-state index in [0.29, 0.717) is 30.6 Å². The zero-order chi connectivity index (χ0) is 15.0. The first-order valence-electron chi connectivity index (χ1n) is 7.38. The normalized spacial score (nSPS) is 32.0. The second kappa shape index (κ2) is 5.30. The molecule has 2 unspecified atom stereocenters. The Morgan fingerprint density at radius 3 is 2.62 bits per heavy atom. The topological polar surface area (TPSA) is 41.6 Å². The molecule has 1 aromatic rings. The Hall–Kier alpha value is -1.62. The monoisotopic (exact) mass is 292 g/mol. The smallest absolute Gasteiger partial charge is 0.331 e. The van der Waals surface area contributed by atoms with Gasteiger partial charge in [-0.3, -0.25) is 0 Å². The maximum atomic E-state index is 13.4. The third-order valence-corrected chi connectivity index (χ3v) is 4.94. The number of halogens is 1. The summed E-state index contributed by atoms with van der Waals surface area (Å²) in [5.41, 5.74) is -0.120. The third kappa shape index (κ3) is 2.50. The second-order valence-electron chi connectivity index (χ2n) is 6.17. The number of anilines is 1. The van der Waals surface area contributed by atoms with Crippen molar-refractivity contribution < 1.29 is 13.9 Å². The van der Waals surface area contributed by atoms with Crippen LogP contribution in [0.4, 0.5) is 10.1 Å². The molecule has 0 aliphatic carbocycles. The lowest BCUT2D eigenvalue weighted by atomic mass is 9.82. The number of benzene rings is 1. The van der Waals surface area contributed by atoms with Gasteiger partial charge < -0.3 is 15.0 Å². The van der Waals surface area contributed by atoms with Crippen molar-refractivity contribution in [1.82, 2.24) is 4.90 Å². The second-order valence-corrected chi connectivity index (χ2v) is 6.17. The lowest BCUT2D eigenvalue weighted by Crippen LogP contribution is -2.58. The number of nitrogens with zero attached hydrogens (tertiary/aromatic N) is 1. The van der Waals surface area contributed by atoms with Crippen LogP contribution < -0.4 is 5.32 Å². The molecule has 0 aromatic heterocycles. The van der Waals surface area contributed by atoms with Crippen molar-refractivity contribution in [3.63, 3.8) is 0 Å². The molecule has 3 rings (SSSR count). The Kier molecular flexibility index (Phi) is 3.61. The molecule has 5 heteroatoms. The predicted molar refractivity (Wildman–Crippen MR) is 78.6 cm³/mol. The van der Waals surface area contributed by atoms with Gasteiger partial charge in [-0.1, -0.05) is 6.07 Å². The van der Waals surface area contributed by atoms with E-state index in [0.717, 1.165) is 12.8 Å². The highest BCUT2D eigenvalue weighted by Gasteiger charge is 2.51. The fraction of sp³-hybridized carbons (Fsp3) is 0.562. The van der Waals surface area contributed by atoms with Crippen molar-refractivity contribution in [1.29, 1.82) is 0 Å². The summed E-state index contributed by atoms with van der Waals surface area (Å²) >= 11 is 0. The highest BCUT2D eigenvalue weighted by atomic mass is 19.1. The standard InChI is InChI=1S/C16H21FN2O2/c1-19-13-6-7-14(19)10-16(9-13,15(20)21-2)18-12-5-3-4-11(17)8-12/h3-5,8,13-14,18H,6-7,9-10H2,1-2H3. The van der Waals surface area contributed by atoms with Crippen molar-refractivity contribution >= 4 is 11.7 Å². The number of esters is 1. The number of hydrogen-bond donors (Lipinski definition) is 1. The van der Waals surface area contributed by atoms with Gasteiger partial charge in [0.05, 0.1) is 7.11 Å². The first-order valence-corrected chi connectivity index (χ1v) is 7.38. The van der Waals surface area contributed by atoms with Crippen molar-refractivity contribution in [3.8, 4) is 0 Å². The lowest BCUT2D eigenvalue weighted by Gasteiger charge is -2.44. The number of hydrogen-bond acceptors (Lipinski definition) is 4. The quantitative estimate of drug-likeness (QED) is 0.869. The molecular formula is C16H21FN2O2. The minimum atomic E-state index is -0.749. The number of rotatable bonds is 3. The molecule has 1 N–H and O–H groups in total. The summed E-state index contributed by atoms with van der Waals surface area (Å²) in [5.74, 6) is -0.562. The molecule has 0 amide bonds. The van der Waals surface area contributed by atoms with Crippen LogP contribution in [0, 0.1) is 5.82 Å². The molecule has 0 radical (unpaired) electrons. The predicted octanol–water partition coefficient (Wildman–Crippen LogP) is 2.41. The molecule has 2 aliphatic rings. The minimum absolute atomic E-state index is 0.253. The van der Waals surface area contributed by atoms with Crippen LogP contribution in [0.25, 0.3) is 0 Å². The van der Waals surface area contributed by atoms with Gasteiger partial charge in [-0.25, -0.2) is 9.18 Å². The van der Waals surface area contributed by atoms with Crippen LogP contribution in [0.5, 0.6) is 0 Å². The summed E-state index contributed by atoms with van der Waals surface area (Å²) < 4.78 is 18.4. The maximum Gasteiger partial charge on any atom is 0.331 e. The highest BCUT2D eigenvalue weighted by Crippen LogP contribution is 2.42. The van der Waals surface area contributed by atoms with Crippen molar-refractivity contribution in [2.24, 2.45) is 0 Å². The molecule has 21 heavy (non-hydrogen) atoms. The van der Waals surface area contributed by atoms with E-state index in [1.165, 1.54) is 19.2 Å². The summed E-state index contributed by atoms with van der Waals surface area (Å²) in [6, 6.07) is 7.01. The lowest BCUT2D eigenvalue weighted by molar-refractivity contribution is -0.148. The minimum Gasteiger partial charge on any atom is -0.467 e. The van der Waals surface area contributed by atoms with Crippen molar-refractivity contribution in [2.45, 2.75) is 43.3 Å². The van der Waals surface area contributed by atoms with E-state index >= 15 is 0 Å². The molecule has 114 valence electrons. The van der Waals surface area contributed by atoms with Gasteiger partial charge in [0.2, 0.25) is 0 Å². The van der Waals surface area contributed by atoms with Crippen LogP contribution in [0.3, 0.4) is 0 Å². The number of fused-ring (bicyclic) bond motifs is 2. The Labute approximate surface area is 124 Å². The summed E-state index contributed by atoms with van der Waals surface area (Å²) in [6.45, 7) is 0. The first-order chi connectivity index (χ1) is 10.0. The van der Waals surface area contributed by atoms with Crippen LogP contribution in [0.1, 0.15) is 25.7 Å². The van der Waals surface area contributed by atoms with Crippen LogP contribution in [-0.4, -0.2) is 42.6 Å². The van der Waals surface area contributed by atoms with Crippen LogP contribution >= 0.6 is 0 Å². The molecule has 2 bridgehead atoms. The SMILES string of the molecule is COC(=O)C1(Nc2cccc(F)c2)CC2CCC(C1)N2C. The van der Waals surface area contributed by atoms with Gasteiger partial charge in [0.25, 0.3) is 0 Å². The average Bonchev–Trinajstić information content (AvgIpc) is 2.69. The molecule has 1 aromatic carbocycles. The van der Waals surface area contributed by atoms with Gasteiger partial charge in [0, 0.05) is 17.8 Å². The molecule has 2 fully saturated rings. The Morgan fingerprint density at radius 1 is 1.38 bits per heavy atom. The molecule has 2 aliphatic heterocycles.